The summed E-state index contributed by atoms with van der Waals surface area (Å²) in [5.41, 5.74) is 10.7. The number of amides is 2. The monoisotopic (exact) mass is 389 g/mol. The van der Waals surface area contributed by atoms with Crippen molar-refractivity contribution in [2.75, 3.05) is 11.1 Å². The van der Waals surface area contributed by atoms with Gasteiger partial charge in [0.15, 0.2) is 0 Å². The minimum Gasteiger partial charge on any atom is -0.399 e. The van der Waals surface area contributed by atoms with Gasteiger partial charge in [0.05, 0.1) is 22.1 Å². The molecule has 140 valence electrons. The van der Waals surface area contributed by atoms with Gasteiger partial charge < -0.3 is 16.5 Å². The number of rotatable bonds is 7. The lowest BCUT2D eigenvalue weighted by Gasteiger charge is -2.12. The Morgan fingerprint density at radius 1 is 1.19 bits per heavy atom. The average Bonchev–Trinajstić information content (AvgIpc) is 2.61. The Balaban J connectivity index is 1.90. The summed E-state index contributed by atoms with van der Waals surface area (Å²) in [5, 5.41) is 13.8. The number of nitrogens with one attached hydrogen (secondary N) is 3. The first-order valence-electron chi connectivity index (χ1n) is 7.59. The first kappa shape index (κ1) is 19.7. The summed E-state index contributed by atoms with van der Waals surface area (Å²) in [7, 11) is 0. The third kappa shape index (κ3) is 5.72. The number of carbonyl (C=O) groups is 2. The number of hydrogen-bond acceptors (Lipinski definition) is 6. The molecule has 0 aliphatic rings. The molecule has 2 amide bonds. The molecule has 0 aliphatic heterocycles. The predicted molar refractivity (Wildman–Crippen MR) is 102 cm³/mol. The van der Waals surface area contributed by atoms with Crippen molar-refractivity contribution in [1.82, 2.24) is 10.9 Å². The Kier molecular flexibility index (Phi) is 6.34. The summed E-state index contributed by atoms with van der Waals surface area (Å²) < 4.78 is 0. The third-order valence-electron chi connectivity index (χ3n) is 3.29. The van der Waals surface area contributed by atoms with Crippen LogP contribution in [0.3, 0.4) is 0 Å². The van der Waals surface area contributed by atoms with Crippen LogP contribution >= 0.6 is 11.6 Å². The molecule has 0 unspecified atom stereocenters. The molecule has 0 aliphatic carbocycles. The van der Waals surface area contributed by atoms with Gasteiger partial charge in [-0.3, -0.25) is 25.1 Å². The highest BCUT2D eigenvalue weighted by molar-refractivity contribution is 6.33. The van der Waals surface area contributed by atoms with Crippen LogP contribution in [0.5, 0.6) is 0 Å². The lowest BCUT2D eigenvalue weighted by molar-refractivity contribution is -0.384. The number of anilines is 2. The number of nitrogens with zero attached hydrogens (tertiary/aromatic N) is 1. The maximum atomic E-state index is 12.1. The van der Waals surface area contributed by atoms with Gasteiger partial charge in [0.25, 0.3) is 11.6 Å². The fraction of sp³-hybridized carbons (Fsp3) is 0.0588. The molecule has 2 rings (SSSR count). The zero-order chi connectivity index (χ0) is 20.0. The van der Waals surface area contributed by atoms with Crippen molar-refractivity contribution in [3.63, 3.8) is 0 Å². The summed E-state index contributed by atoms with van der Waals surface area (Å²) in [4.78, 5) is 34.2. The van der Waals surface area contributed by atoms with E-state index in [1.807, 2.05) is 0 Å². The van der Waals surface area contributed by atoms with Crippen molar-refractivity contribution in [3.8, 4) is 0 Å². The molecule has 5 N–H and O–H groups in total. The first-order valence-corrected chi connectivity index (χ1v) is 7.97. The number of benzene rings is 2. The van der Waals surface area contributed by atoms with Gasteiger partial charge in [-0.2, -0.15) is 0 Å². The van der Waals surface area contributed by atoms with Gasteiger partial charge in [-0.15, -0.1) is 0 Å². The summed E-state index contributed by atoms with van der Waals surface area (Å²) >= 11 is 5.96. The van der Waals surface area contributed by atoms with Crippen LogP contribution < -0.4 is 21.9 Å². The topological polar surface area (TPSA) is 139 Å². The fourth-order valence-electron chi connectivity index (χ4n) is 2.08. The average molecular weight is 390 g/mol. The van der Waals surface area contributed by atoms with Crippen LogP contribution in [-0.4, -0.2) is 16.7 Å². The van der Waals surface area contributed by atoms with E-state index in [-0.39, 0.29) is 29.1 Å². The Hall–Kier alpha value is -3.59. The summed E-state index contributed by atoms with van der Waals surface area (Å²) in [6.07, 6.45) is -0.136. The van der Waals surface area contributed by atoms with E-state index in [2.05, 4.69) is 22.7 Å². The predicted octanol–water partition coefficient (Wildman–Crippen LogP) is 2.61. The van der Waals surface area contributed by atoms with Crippen LogP contribution in [0.4, 0.5) is 17.1 Å². The zero-order valence-electron chi connectivity index (χ0n) is 14.0. The van der Waals surface area contributed by atoms with Crippen molar-refractivity contribution < 1.29 is 14.5 Å². The molecule has 0 aromatic heterocycles. The number of carbonyl (C=O) groups excluding carboxylic acids is 2. The van der Waals surface area contributed by atoms with Crippen molar-refractivity contribution in [3.05, 3.63) is 75.4 Å². The maximum absolute atomic E-state index is 12.1. The van der Waals surface area contributed by atoms with Crippen molar-refractivity contribution in [2.24, 2.45) is 0 Å². The number of nitro groups is 1. The Morgan fingerprint density at radius 3 is 2.56 bits per heavy atom. The van der Waals surface area contributed by atoms with Gasteiger partial charge in [-0.1, -0.05) is 30.3 Å². The molecule has 0 saturated heterocycles. The van der Waals surface area contributed by atoms with E-state index in [1.165, 1.54) is 6.07 Å². The van der Waals surface area contributed by atoms with Crippen LogP contribution in [-0.2, 0) is 4.79 Å². The number of nitrogens with two attached hydrogens (primary N) is 1. The molecule has 0 heterocycles. The molecular weight excluding hydrogens is 374 g/mol. The summed E-state index contributed by atoms with van der Waals surface area (Å²) in [5.74, 6) is -1.06. The Morgan fingerprint density at radius 2 is 1.89 bits per heavy atom. The maximum Gasteiger partial charge on any atom is 0.272 e. The van der Waals surface area contributed by atoms with Gasteiger partial charge >= 0.3 is 0 Å². The molecule has 0 spiro atoms. The van der Waals surface area contributed by atoms with E-state index in [0.29, 0.717) is 10.7 Å². The van der Waals surface area contributed by atoms with Gasteiger partial charge in [-0.25, -0.2) is 0 Å². The number of non-ortho nitro benzene ring substituents is 1. The number of nitro benzene ring substituents is 1. The fourth-order valence-corrected chi connectivity index (χ4v) is 2.27. The summed E-state index contributed by atoms with van der Waals surface area (Å²) in [6.45, 7) is 3.64. The third-order valence-corrected chi connectivity index (χ3v) is 3.62. The lowest BCUT2D eigenvalue weighted by atomic mass is 10.1. The number of hydrogen-bond donors (Lipinski definition) is 4. The van der Waals surface area contributed by atoms with Gasteiger partial charge in [-0.05, 0) is 18.2 Å². The van der Waals surface area contributed by atoms with Gasteiger partial charge in [0.1, 0.15) is 0 Å². The smallest absolute Gasteiger partial charge is 0.272 e. The molecule has 0 fully saturated rings. The summed E-state index contributed by atoms with van der Waals surface area (Å²) in [6, 6.07) is 10.2. The second kappa shape index (κ2) is 8.68. The van der Waals surface area contributed by atoms with E-state index in [4.69, 9.17) is 17.3 Å². The molecule has 0 bridgehead atoms. The van der Waals surface area contributed by atoms with E-state index >= 15 is 0 Å². The Bertz CT molecular complexity index is 916. The van der Waals surface area contributed by atoms with Crippen LogP contribution in [0, 0.1) is 10.1 Å². The van der Waals surface area contributed by atoms with Crippen molar-refractivity contribution in [1.29, 1.82) is 0 Å². The molecule has 0 atom stereocenters. The molecule has 2 aromatic carbocycles. The van der Waals surface area contributed by atoms with Crippen molar-refractivity contribution in [2.45, 2.75) is 6.42 Å². The van der Waals surface area contributed by atoms with Crippen LogP contribution in [0.1, 0.15) is 16.8 Å². The second-order valence-electron chi connectivity index (χ2n) is 5.46. The molecule has 10 heteroatoms. The quantitative estimate of drug-likeness (QED) is 0.326. The standard InChI is InChI=1S/C17H16ClN5O4/c1-10(6-16(24)20-15-5-3-2-4-14(15)18)21-22-17(25)11-7-12(19)9-13(8-11)23(26)27/h2-5,7-9,21H,1,6,19H2,(H,20,24)(H,22,25). The van der Waals surface area contributed by atoms with Gasteiger partial charge in [0.2, 0.25) is 5.91 Å². The second-order valence-corrected chi connectivity index (χ2v) is 5.87. The number of halogens is 1. The van der Waals surface area contributed by atoms with Crippen LogP contribution in [0.15, 0.2) is 54.7 Å². The minimum absolute atomic E-state index is 0.0116. The highest BCUT2D eigenvalue weighted by atomic mass is 35.5. The van der Waals surface area contributed by atoms with E-state index in [9.17, 15) is 19.7 Å². The van der Waals surface area contributed by atoms with Crippen molar-refractivity contribution >= 4 is 40.5 Å². The normalized spacial score (nSPS) is 9.96. The molecule has 0 saturated carbocycles. The van der Waals surface area contributed by atoms with Crippen LogP contribution in [0.25, 0.3) is 0 Å². The zero-order valence-corrected chi connectivity index (χ0v) is 14.7. The SMILES string of the molecule is C=C(CC(=O)Nc1ccccc1Cl)NNC(=O)c1cc(N)cc([N+](=O)[O-])c1. The molecule has 0 radical (unpaired) electrons. The van der Waals surface area contributed by atoms with E-state index in [0.717, 1.165) is 12.1 Å². The van der Waals surface area contributed by atoms with E-state index < -0.39 is 16.7 Å². The lowest BCUT2D eigenvalue weighted by Crippen LogP contribution is -2.37. The molecular formula is C17H16ClN5O4. The van der Waals surface area contributed by atoms with E-state index in [1.54, 1.807) is 24.3 Å². The minimum atomic E-state index is -0.668. The highest BCUT2D eigenvalue weighted by Gasteiger charge is 2.14. The largest absolute Gasteiger partial charge is 0.399 e. The number of nitrogen functional groups attached to an aromatic ring is 1. The number of hydrazine groups is 1. The number of para-hydroxylation sites is 1. The first-order chi connectivity index (χ1) is 12.8. The Labute approximate surface area is 159 Å². The van der Waals surface area contributed by atoms with Gasteiger partial charge in [0, 0.05) is 29.1 Å². The molecule has 27 heavy (non-hydrogen) atoms. The van der Waals surface area contributed by atoms with Crippen LogP contribution in [0.2, 0.25) is 5.02 Å². The molecule has 9 nitrogen and oxygen atoms in total. The highest BCUT2D eigenvalue weighted by Crippen LogP contribution is 2.21. The molecule has 2 aromatic rings.